The molecule has 2 aromatic rings. The van der Waals surface area contributed by atoms with Crippen molar-refractivity contribution in [3.05, 3.63) is 65.2 Å². The second kappa shape index (κ2) is 9.39. The smallest absolute Gasteiger partial charge is 0.0316 e. The molecule has 0 saturated carbocycles. The van der Waals surface area contributed by atoms with Crippen LogP contribution in [0.25, 0.3) is 0 Å². The van der Waals surface area contributed by atoms with Crippen LogP contribution in [-0.2, 0) is 12.8 Å². The van der Waals surface area contributed by atoms with Crippen molar-refractivity contribution in [1.29, 1.82) is 0 Å². The molecule has 1 unspecified atom stereocenters. The molecule has 0 aromatic heterocycles. The van der Waals surface area contributed by atoms with E-state index in [0.29, 0.717) is 0 Å². The van der Waals surface area contributed by atoms with Crippen LogP contribution in [0, 0.1) is 12.8 Å². The van der Waals surface area contributed by atoms with Crippen molar-refractivity contribution in [3.63, 3.8) is 0 Å². The first-order valence-electron chi connectivity index (χ1n) is 9.08. The van der Waals surface area contributed by atoms with Crippen LogP contribution in [0.4, 0.5) is 5.69 Å². The summed E-state index contributed by atoms with van der Waals surface area (Å²) in [5, 5.41) is 0. The third-order valence-corrected chi connectivity index (χ3v) is 4.77. The van der Waals surface area contributed by atoms with E-state index in [0.717, 1.165) is 18.0 Å². The molecule has 0 bridgehead atoms. The van der Waals surface area contributed by atoms with Crippen LogP contribution >= 0.6 is 0 Å². The molecule has 1 heteroatoms. The number of hydrogen-bond acceptors (Lipinski definition) is 1. The lowest BCUT2D eigenvalue weighted by Crippen LogP contribution is -2.07. The van der Waals surface area contributed by atoms with Crippen molar-refractivity contribution in [1.82, 2.24) is 0 Å². The maximum Gasteiger partial charge on any atom is 0.0316 e. The minimum absolute atomic E-state index is 0.779. The first-order chi connectivity index (χ1) is 11.2. The van der Waals surface area contributed by atoms with Crippen molar-refractivity contribution < 1.29 is 0 Å². The fourth-order valence-electron chi connectivity index (χ4n) is 3.34. The molecule has 0 heterocycles. The minimum Gasteiger partial charge on any atom is -0.399 e. The third-order valence-electron chi connectivity index (χ3n) is 4.77. The zero-order chi connectivity index (χ0) is 16.5. The van der Waals surface area contributed by atoms with Crippen molar-refractivity contribution >= 4 is 5.69 Å². The van der Waals surface area contributed by atoms with Gasteiger partial charge in [-0.15, -0.1) is 0 Å². The molecule has 2 rings (SSSR count). The number of benzene rings is 2. The number of nitrogens with two attached hydrogens (primary N) is 1. The van der Waals surface area contributed by atoms with Crippen LogP contribution in [0.3, 0.4) is 0 Å². The van der Waals surface area contributed by atoms with Gasteiger partial charge in [0.25, 0.3) is 0 Å². The van der Waals surface area contributed by atoms with Crippen LogP contribution < -0.4 is 5.73 Å². The van der Waals surface area contributed by atoms with E-state index in [4.69, 9.17) is 5.73 Å². The molecular formula is C22H31N. The van der Waals surface area contributed by atoms with Gasteiger partial charge in [0.15, 0.2) is 0 Å². The summed E-state index contributed by atoms with van der Waals surface area (Å²) >= 11 is 0. The van der Waals surface area contributed by atoms with Crippen molar-refractivity contribution in [2.24, 2.45) is 5.92 Å². The molecule has 0 aliphatic carbocycles. The van der Waals surface area contributed by atoms with E-state index < -0.39 is 0 Å². The zero-order valence-electron chi connectivity index (χ0n) is 14.7. The standard InChI is InChI=1S/C22H31N/c1-3-4-6-9-20(17-19-10-7-5-8-11-19)12-13-21-14-15-22(23)16-18(21)2/h5,7-8,10-11,14-16,20H,3-4,6,9,12-13,17,23H2,1-2H3. The van der Waals surface area contributed by atoms with Gasteiger partial charge in [-0.2, -0.15) is 0 Å². The van der Waals surface area contributed by atoms with Crippen LogP contribution in [0.1, 0.15) is 55.7 Å². The maximum absolute atomic E-state index is 5.87. The van der Waals surface area contributed by atoms with E-state index in [1.165, 1.54) is 55.2 Å². The predicted molar refractivity (Wildman–Crippen MR) is 102 cm³/mol. The highest BCUT2D eigenvalue weighted by Crippen LogP contribution is 2.23. The van der Waals surface area contributed by atoms with Gasteiger partial charge in [-0.3, -0.25) is 0 Å². The summed E-state index contributed by atoms with van der Waals surface area (Å²) in [6.07, 6.45) is 8.99. The van der Waals surface area contributed by atoms with Gasteiger partial charge < -0.3 is 5.73 Å². The molecule has 0 spiro atoms. The van der Waals surface area contributed by atoms with E-state index >= 15 is 0 Å². The number of hydrogen-bond donors (Lipinski definition) is 1. The number of aryl methyl sites for hydroxylation is 2. The molecule has 0 amide bonds. The van der Waals surface area contributed by atoms with Gasteiger partial charge >= 0.3 is 0 Å². The van der Waals surface area contributed by atoms with Crippen LogP contribution in [0.15, 0.2) is 48.5 Å². The summed E-state index contributed by atoms with van der Waals surface area (Å²) in [4.78, 5) is 0. The average molecular weight is 309 g/mol. The number of anilines is 1. The van der Waals surface area contributed by atoms with Crippen molar-refractivity contribution in [2.45, 2.75) is 58.8 Å². The number of unbranched alkanes of at least 4 members (excludes halogenated alkanes) is 2. The van der Waals surface area contributed by atoms with Gasteiger partial charge in [-0.25, -0.2) is 0 Å². The summed E-state index contributed by atoms with van der Waals surface area (Å²) in [6.45, 7) is 4.46. The Balaban J connectivity index is 1.95. The Hall–Kier alpha value is -1.76. The topological polar surface area (TPSA) is 26.0 Å². The molecule has 0 radical (unpaired) electrons. The van der Waals surface area contributed by atoms with E-state index in [1.807, 2.05) is 6.07 Å². The van der Waals surface area contributed by atoms with Crippen LogP contribution in [0.2, 0.25) is 0 Å². The Bertz CT molecular complexity index is 574. The summed E-state index contributed by atoms with van der Waals surface area (Å²) < 4.78 is 0. The highest BCUT2D eigenvalue weighted by atomic mass is 14.5. The Kier molecular flexibility index (Phi) is 7.19. The summed E-state index contributed by atoms with van der Waals surface area (Å²) in [5.41, 5.74) is 11.0. The maximum atomic E-state index is 5.87. The Morgan fingerprint density at radius 1 is 0.957 bits per heavy atom. The molecular weight excluding hydrogens is 278 g/mol. The van der Waals surface area contributed by atoms with Gasteiger partial charge in [0.05, 0.1) is 0 Å². The second-order valence-electron chi connectivity index (χ2n) is 6.78. The summed E-state index contributed by atoms with van der Waals surface area (Å²) in [7, 11) is 0. The predicted octanol–water partition coefficient (Wildman–Crippen LogP) is 5.95. The first kappa shape index (κ1) is 17.6. The fourth-order valence-corrected chi connectivity index (χ4v) is 3.34. The normalized spacial score (nSPS) is 12.3. The highest BCUT2D eigenvalue weighted by molar-refractivity contribution is 5.44. The molecule has 1 nitrogen and oxygen atoms in total. The largest absolute Gasteiger partial charge is 0.399 e. The van der Waals surface area contributed by atoms with Gasteiger partial charge in [-0.05, 0) is 60.9 Å². The van der Waals surface area contributed by atoms with Gasteiger partial charge in [0.2, 0.25) is 0 Å². The number of nitrogen functional groups attached to an aromatic ring is 1. The second-order valence-corrected chi connectivity index (χ2v) is 6.78. The molecule has 0 saturated heterocycles. The zero-order valence-corrected chi connectivity index (χ0v) is 14.7. The quantitative estimate of drug-likeness (QED) is 0.449. The lowest BCUT2D eigenvalue weighted by molar-refractivity contribution is 0.426. The molecule has 0 aliphatic rings. The molecule has 23 heavy (non-hydrogen) atoms. The molecule has 2 aromatic carbocycles. The van der Waals surface area contributed by atoms with E-state index in [9.17, 15) is 0 Å². The monoisotopic (exact) mass is 309 g/mol. The summed E-state index contributed by atoms with van der Waals surface area (Å²) in [5.74, 6) is 0.779. The first-order valence-corrected chi connectivity index (χ1v) is 9.08. The van der Waals surface area contributed by atoms with E-state index in [-0.39, 0.29) is 0 Å². The highest BCUT2D eigenvalue weighted by Gasteiger charge is 2.11. The van der Waals surface area contributed by atoms with E-state index in [2.05, 4.69) is 56.3 Å². The summed E-state index contributed by atoms with van der Waals surface area (Å²) in [6, 6.07) is 17.3. The lowest BCUT2D eigenvalue weighted by Gasteiger charge is -2.18. The number of rotatable bonds is 9. The molecule has 0 fully saturated rings. The van der Waals surface area contributed by atoms with Crippen LogP contribution in [-0.4, -0.2) is 0 Å². The Morgan fingerprint density at radius 2 is 1.74 bits per heavy atom. The molecule has 1 atom stereocenters. The fraction of sp³-hybridized carbons (Fsp3) is 0.455. The molecule has 124 valence electrons. The van der Waals surface area contributed by atoms with E-state index in [1.54, 1.807) is 0 Å². The Labute approximate surface area is 141 Å². The van der Waals surface area contributed by atoms with Gasteiger partial charge in [0, 0.05) is 5.69 Å². The minimum atomic E-state index is 0.779. The average Bonchev–Trinajstić information content (AvgIpc) is 2.55. The third kappa shape index (κ3) is 6.09. The lowest BCUT2D eigenvalue weighted by atomic mass is 9.88. The molecule has 2 N–H and O–H groups in total. The SMILES string of the molecule is CCCCCC(CCc1ccc(N)cc1C)Cc1ccccc1. The van der Waals surface area contributed by atoms with Crippen LogP contribution in [0.5, 0.6) is 0 Å². The van der Waals surface area contributed by atoms with Crippen molar-refractivity contribution in [2.75, 3.05) is 5.73 Å². The Morgan fingerprint density at radius 3 is 2.43 bits per heavy atom. The van der Waals surface area contributed by atoms with Gasteiger partial charge in [-0.1, -0.05) is 69.0 Å². The van der Waals surface area contributed by atoms with Gasteiger partial charge in [0.1, 0.15) is 0 Å². The molecule has 0 aliphatic heterocycles. The van der Waals surface area contributed by atoms with Crippen molar-refractivity contribution in [3.8, 4) is 0 Å².